The first-order valence-electron chi connectivity index (χ1n) is 5.37. The number of carbonyl (C=O) groups excluding carboxylic acids is 1. The molecule has 0 saturated heterocycles. The molecule has 1 aromatic carbocycles. The normalized spacial score (nSPS) is 14.2. The van der Waals surface area contributed by atoms with E-state index in [1.807, 2.05) is 6.07 Å². The molecule has 1 atom stereocenters. The fourth-order valence-electron chi connectivity index (χ4n) is 1.42. The minimum atomic E-state index is -0.751. The molecule has 1 aliphatic rings. The van der Waals surface area contributed by atoms with Crippen molar-refractivity contribution in [3.63, 3.8) is 0 Å². The van der Waals surface area contributed by atoms with Crippen LogP contribution in [-0.2, 0) is 9.53 Å². The molecule has 0 spiro atoms. The molecule has 1 aromatic rings. The van der Waals surface area contributed by atoms with Crippen molar-refractivity contribution in [2.75, 3.05) is 6.79 Å². The minimum Gasteiger partial charge on any atom is -0.454 e. The number of rotatable bonds is 3. The maximum absolute atomic E-state index is 11.3. The van der Waals surface area contributed by atoms with E-state index in [0.29, 0.717) is 11.5 Å². The Morgan fingerprint density at radius 2 is 2.28 bits per heavy atom. The molecule has 2 rings (SSSR count). The van der Waals surface area contributed by atoms with E-state index in [1.165, 1.54) is 13.0 Å². The summed E-state index contributed by atoms with van der Waals surface area (Å²) in [6.07, 6.45) is 2.11. The highest BCUT2D eigenvalue weighted by Gasteiger charge is 2.12. The van der Waals surface area contributed by atoms with Crippen LogP contribution in [0.5, 0.6) is 11.5 Å². The summed E-state index contributed by atoms with van der Waals surface area (Å²) >= 11 is 0. The molecule has 0 amide bonds. The van der Waals surface area contributed by atoms with Crippen molar-refractivity contribution in [2.24, 2.45) is 0 Å². The Labute approximate surface area is 104 Å². The largest absolute Gasteiger partial charge is 0.454 e. The van der Waals surface area contributed by atoms with Crippen molar-refractivity contribution in [3.05, 3.63) is 29.8 Å². The SMILES string of the molecule is CC(C#N)OC(=O)/C=C/c1ccc2c(c1)OCO2. The highest BCUT2D eigenvalue weighted by molar-refractivity contribution is 5.87. The Morgan fingerprint density at radius 3 is 3.06 bits per heavy atom. The molecule has 18 heavy (non-hydrogen) atoms. The average Bonchev–Trinajstić information content (AvgIpc) is 2.83. The van der Waals surface area contributed by atoms with E-state index in [0.717, 1.165) is 5.56 Å². The number of carbonyl (C=O) groups is 1. The third-order valence-electron chi connectivity index (χ3n) is 2.28. The molecule has 5 heteroatoms. The summed E-state index contributed by atoms with van der Waals surface area (Å²) in [7, 11) is 0. The van der Waals surface area contributed by atoms with Crippen LogP contribution in [0.4, 0.5) is 0 Å². The van der Waals surface area contributed by atoms with Gasteiger partial charge in [0.05, 0.1) is 0 Å². The molecule has 0 bridgehead atoms. The fraction of sp³-hybridized carbons (Fsp3) is 0.231. The lowest BCUT2D eigenvalue weighted by molar-refractivity contribution is -0.139. The highest BCUT2D eigenvalue weighted by atomic mass is 16.7. The van der Waals surface area contributed by atoms with Crippen LogP contribution < -0.4 is 9.47 Å². The van der Waals surface area contributed by atoms with Crippen molar-refractivity contribution in [3.8, 4) is 17.6 Å². The van der Waals surface area contributed by atoms with E-state index in [4.69, 9.17) is 19.5 Å². The molecule has 0 radical (unpaired) electrons. The molecular weight excluding hydrogens is 234 g/mol. The Kier molecular flexibility index (Phi) is 3.49. The topological polar surface area (TPSA) is 68.5 Å². The second kappa shape index (κ2) is 5.23. The summed E-state index contributed by atoms with van der Waals surface area (Å²) in [5, 5.41) is 8.49. The number of esters is 1. The monoisotopic (exact) mass is 245 g/mol. The van der Waals surface area contributed by atoms with Gasteiger partial charge >= 0.3 is 5.97 Å². The Hall–Kier alpha value is -2.48. The third kappa shape index (κ3) is 2.80. The summed E-state index contributed by atoms with van der Waals surface area (Å²) < 4.78 is 15.2. The first kappa shape index (κ1) is 12.0. The van der Waals surface area contributed by atoms with E-state index < -0.39 is 12.1 Å². The molecule has 0 fully saturated rings. The van der Waals surface area contributed by atoms with Crippen molar-refractivity contribution in [1.82, 2.24) is 0 Å². The van der Waals surface area contributed by atoms with Crippen LogP contribution in [0.25, 0.3) is 6.08 Å². The molecule has 1 heterocycles. The van der Waals surface area contributed by atoms with Crippen LogP contribution in [-0.4, -0.2) is 18.9 Å². The number of hydrogen-bond donors (Lipinski definition) is 0. The molecule has 1 unspecified atom stereocenters. The number of ether oxygens (including phenoxy) is 3. The van der Waals surface area contributed by atoms with Gasteiger partial charge in [-0.15, -0.1) is 0 Å². The van der Waals surface area contributed by atoms with Crippen molar-refractivity contribution in [1.29, 1.82) is 5.26 Å². The smallest absolute Gasteiger partial charge is 0.332 e. The minimum absolute atomic E-state index is 0.213. The van der Waals surface area contributed by atoms with E-state index in [2.05, 4.69) is 0 Å². The number of hydrogen-bond acceptors (Lipinski definition) is 5. The van der Waals surface area contributed by atoms with Gasteiger partial charge in [-0.05, 0) is 30.7 Å². The van der Waals surface area contributed by atoms with Gasteiger partial charge in [0.25, 0.3) is 0 Å². The van der Waals surface area contributed by atoms with Crippen molar-refractivity contribution < 1.29 is 19.0 Å². The van der Waals surface area contributed by atoms with E-state index in [-0.39, 0.29) is 6.79 Å². The summed E-state index contributed by atoms with van der Waals surface area (Å²) in [6, 6.07) is 7.14. The highest BCUT2D eigenvalue weighted by Crippen LogP contribution is 2.32. The van der Waals surface area contributed by atoms with Gasteiger partial charge in [0.15, 0.2) is 17.6 Å². The van der Waals surface area contributed by atoms with E-state index in [9.17, 15) is 4.79 Å². The maximum Gasteiger partial charge on any atom is 0.332 e. The van der Waals surface area contributed by atoms with Gasteiger partial charge in [-0.1, -0.05) is 6.07 Å². The zero-order valence-electron chi connectivity index (χ0n) is 9.75. The molecule has 5 nitrogen and oxygen atoms in total. The van der Waals surface area contributed by atoms with Crippen molar-refractivity contribution in [2.45, 2.75) is 13.0 Å². The summed E-state index contributed by atoms with van der Waals surface area (Å²) in [5.41, 5.74) is 0.792. The first-order chi connectivity index (χ1) is 8.69. The van der Waals surface area contributed by atoms with Gasteiger partial charge < -0.3 is 14.2 Å². The number of nitriles is 1. The van der Waals surface area contributed by atoms with Gasteiger partial charge in [0.1, 0.15) is 6.07 Å². The van der Waals surface area contributed by atoms with Gasteiger partial charge in [-0.3, -0.25) is 0 Å². The molecular formula is C13H11NO4. The van der Waals surface area contributed by atoms with Gasteiger partial charge in [-0.25, -0.2) is 4.79 Å². The second-order valence-corrected chi connectivity index (χ2v) is 3.65. The van der Waals surface area contributed by atoms with Crippen LogP contribution in [0.2, 0.25) is 0 Å². The zero-order valence-corrected chi connectivity index (χ0v) is 9.75. The Balaban J connectivity index is 2.01. The number of benzene rings is 1. The van der Waals surface area contributed by atoms with Crippen LogP contribution in [0.3, 0.4) is 0 Å². The van der Waals surface area contributed by atoms with E-state index >= 15 is 0 Å². The van der Waals surface area contributed by atoms with Gasteiger partial charge in [0, 0.05) is 6.08 Å². The van der Waals surface area contributed by atoms with E-state index in [1.54, 1.807) is 24.3 Å². The summed E-state index contributed by atoms with van der Waals surface area (Å²) in [4.78, 5) is 11.3. The molecule has 92 valence electrons. The predicted octanol–water partition coefficient (Wildman–Crippen LogP) is 1.88. The first-order valence-corrected chi connectivity index (χ1v) is 5.37. The quantitative estimate of drug-likeness (QED) is 0.600. The standard InChI is InChI=1S/C13H11NO4/c1-9(7-14)18-13(15)5-3-10-2-4-11-12(6-10)17-8-16-11/h2-6,9H,8H2,1H3/b5-3+. The number of fused-ring (bicyclic) bond motifs is 1. The zero-order chi connectivity index (χ0) is 13.0. The van der Waals surface area contributed by atoms with Crippen LogP contribution in [0.1, 0.15) is 12.5 Å². The van der Waals surface area contributed by atoms with Crippen LogP contribution >= 0.6 is 0 Å². The fourth-order valence-corrected chi connectivity index (χ4v) is 1.42. The third-order valence-corrected chi connectivity index (χ3v) is 2.28. The summed E-state index contributed by atoms with van der Waals surface area (Å²) in [6.45, 7) is 1.72. The molecule has 0 saturated carbocycles. The van der Waals surface area contributed by atoms with Gasteiger partial charge in [0.2, 0.25) is 6.79 Å². The maximum atomic E-state index is 11.3. The van der Waals surface area contributed by atoms with Gasteiger partial charge in [-0.2, -0.15) is 5.26 Å². The molecule has 0 N–H and O–H groups in total. The molecule has 0 aliphatic carbocycles. The number of nitrogens with zero attached hydrogens (tertiary/aromatic N) is 1. The van der Waals surface area contributed by atoms with Crippen molar-refractivity contribution >= 4 is 12.0 Å². The predicted molar refractivity (Wildman–Crippen MR) is 62.8 cm³/mol. The van der Waals surface area contributed by atoms with Crippen LogP contribution in [0, 0.1) is 11.3 Å². The summed E-state index contributed by atoms with van der Waals surface area (Å²) in [5.74, 6) is 0.783. The molecule has 0 aromatic heterocycles. The lowest BCUT2D eigenvalue weighted by atomic mass is 10.2. The lowest BCUT2D eigenvalue weighted by Gasteiger charge is -2.01. The lowest BCUT2D eigenvalue weighted by Crippen LogP contribution is -2.10. The second-order valence-electron chi connectivity index (χ2n) is 3.65. The molecule has 1 aliphatic heterocycles. The Morgan fingerprint density at radius 1 is 1.50 bits per heavy atom. The average molecular weight is 245 g/mol. The Bertz CT molecular complexity index is 530. The van der Waals surface area contributed by atoms with Crippen LogP contribution in [0.15, 0.2) is 24.3 Å².